The maximum atomic E-state index is 11.8. The zero-order chi connectivity index (χ0) is 14.7. The molecule has 1 amide bonds. The second kappa shape index (κ2) is 6.48. The molecule has 1 atom stereocenters. The third-order valence-electron chi connectivity index (χ3n) is 4.22. The van der Waals surface area contributed by atoms with Crippen LogP contribution in [0.1, 0.15) is 49.8 Å². The minimum Gasteiger partial charge on any atom is -0.483 e. The van der Waals surface area contributed by atoms with Gasteiger partial charge in [-0.05, 0) is 55.8 Å². The van der Waals surface area contributed by atoms with Crippen LogP contribution in [-0.4, -0.2) is 25.1 Å². The largest absolute Gasteiger partial charge is 0.483 e. The van der Waals surface area contributed by atoms with Crippen LogP contribution in [0.4, 0.5) is 0 Å². The predicted octanol–water partition coefficient (Wildman–Crippen LogP) is 2.33. The lowest BCUT2D eigenvalue weighted by Gasteiger charge is -2.27. The lowest BCUT2D eigenvalue weighted by molar-refractivity contribution is -0.123. The topological polar surface area (TPSA) is 50.4 Å². The summed E-state index contributed by atoms with van der Waals surface area (Å²) in [5.74, 6) is 0.871. The van der Waals surface area contributed by atoms with Gasteiger partial charge in [-0.15, -0.1) is 0 Å². The van der Waals surface area contributed by atoms with Crippen molar-refractivity contribution in [3.63, 3.8) is 0 Å². The highest BCUT2D eigenvalue weighted by Crippen LogP contribution is 2.35. The number of rotatable bonds is 6. The van der Waals surface area contributed by atoms with E-state index in [1.807, 2.05) is 12.1 Å². The van der Waals surface area contributed by atoms with Crippen LogP contribution in [0.2, 0.25) is 0 Å². The van der Waals surface area contributed by atoms with Gasteiger partial charge < -0.3 is 15.4 Å². The number of carbonyl (C=O) groups excluding carboxylic acids is 1. The summed E-state index contributed by atoms with van der Waals surface area (Å²) in [5, 5.41) is 6.49. The Morgan fingerprint density at radius 3 is 2.95 bits per heavy atom. The van der Waals surface area contributed by atoms with E-state index in [1.165, 1.54) is 24.0 Å². The normalized spacial score (nSPS) is 20.7. The van der Waals surface area contributed by atoms with E-state index in [0.717, 1.165) is 31.6 Å². The number of hydrogen-bond acceptors (Lipinski definition) is 3. The molecule has 2 aliphatic rings. The second-order valence-electron chi connectivity index (χ2n) is 5.96. The number of benzene rings is 1. The van der Waals surface area contributed by atoms with Crippen LogP contribution in [0, 0.1) is 0 Å². The molecule has 2 aliphatic carbocycles. The van der Waals surface area contributed by atoms with Crippen LogP contribution in [0.25, 0.3) is 0 Å². The molecule has 0 aromatic heterocycles. The summed E-state index contributed by atoms with van der Waals surface area (Å²) in [5.41, 5.74) is 2.61. The van der Waals surface area contributed by atoms with Gasteiger partial charge in [-0.3, -0.25) is 4.79 Å². The van der Waals surface area contributed by atoms with Crippen LogP contribution in [0.5, 0.6) is 5.75 Å². The van der Waals surface area contributed by atoms with Gasteiger partial charge in [0.2, 0.25) is 0 Å². The predicted molar refractivity (Wildman–Crippen MR) is 82.5 cm³/mol. The van der Waals surface area contributed by atoms with E-state index in [1.54, 1.807) is 0 Å². The molecule has 1 unspecified atom stereocenters. The van der Waals surface area contributed by atoms with E-state index in [4.69, 9.17) is 4.74 Å². The molecule has 0 heterocycles. The van der Waals surface area contributed by atoms with Crippen LogP contribution < -0.4 is 15.4 Å². The van der Waals surface area contributed by atoms with Gasteiger partial charge in [0, 0.05) is 12.1 Å². The molecule has 0 aliphatic heterocycles. The van der Waals surface area contributed by atoms with Gasteiger partial charge in [-0.2, -0.15) is 0 Å². The Morgan fingerprint density at radius 2 is 2.19 bits per heavy atom. The van der Waals surface area contributed by atoms with Crippen molar-refractivity contribution in [2.45, 2.75) is 51.1 Å². The summed E-state index contributed by atoms with van der Waals surface area (Å²) in [6, 6.07) is 7.01. The zero-order valence-electron chi connectivity index (χ0n) is 12.7. The van der Waals surface area contributed by atoms with Crippen molar-refractivity contribution in [3.05, 3.63) is 29.3 Å². The number of carbonyl (C=O) groups is 1. The molecule has 1 aromatic carbocycles. The van der Waals surface area contributed by atoms with E-state index < -0.39 is 0 Å². The number of ether oxygens (including phenoxy) is 1. The van der Waals surface area contributed by atoms with Crippen molar-refractivity contribution in [3.8, 4) is 5.75 Å². The Bertz CT molecular complexity index is 512. The third-order valence-corrected chi connectivity index (χ3v) is 4.22. The Hall–Kier alpha value is -1.55. The summed E-state index contributed by atoms with van der Waals surface area (Å²) in [4.78, 5) is 11.8. The Labute approximate surface area is 126 Å². The fraction of sp³-hybridized carbons (Fsp3) is 0.588. The molecule has 4 heteroatoms. The lowest BCUT2D eigenvalue weighted by Crippen LogP contribution is -2.31. The summed E-state index contributed by atoms with van der Waals surface area (Å²) >= 11 is 0. The summed E-state index contributed by atoms with van der Waals surface area (Å²) in [6.07, 6.45) is 5.59. The average Bonchev–Trinajstić information content (AvgIpc) is 3.30. The molecule has 3 rings (SSSR count). The summed E-state index contributed by atoms with van der Waals surface area (Å²) in [7, 11) is 0. The average molecular weight is 288 g/mol. The van der Waals surface area contributed by atoms with Crippen LogP contribution in [0.3, 0.4) is 0 Å². The molecular weight excluding hydrogens is 264 g/mol. The van der Waals surface area contributed by atoms with Gasteiger partial charge in [0.25, 0.3) is 5.91 Å². The number of nitrogens with one attached hydrogen (secondary N) is 2. The first-order chi connectivity index (χ1) is 10.3. The molecule has 4 nitrogen and oxygen atoms in total. The van der Waals surface area contributed by atoms with Crippen molar-refractivity contribution >= 4 is 5.91 Å². The first-order valence-electron chi connectivity index (χ1n) is 8.05. The van der Waals surface area contributed by atoms with Gasteiger partial charge in [-0.1, -0.05) is 19.1 Å². The van der Waals surface area contributed by atoms with Crippen LogP contribution >= 0.6 is 0 Å². The molecule has 1 saturated carbocycles. The highest BCUT2D eigenvalue weighted by atomic mass is 16.5. The molecule has 2 N–H and O–H groups in total. The number of fused-ring (bicyclic) bond motifs is 1. The fourth-order valence-corrected chi connectivity index (χ4v) is 3.05. The molecule has 1 fully saturated rings. The molecule has 1 aromatic rings. The first kappa shape index (κ1) is 14.4. The van der Waals surface area contributed by atoms with Crippen molar-refractivity contribution in [2.24, 2.45) is 0 Å². The Kier molecular flexibility index (Phi) is 4.44. The standard InChI is InChI=1S/C17H24N2O2/c1-2-18-15-7-3-6-14-13(15)5-4-8-16(14)21-11-17(20)19-12-9-10-12/h4-5,8,12,15,18H,2-3,6-7,9-11H2,1H3,(H,19,20). The smallest absolute Gasteiger partial charge is 0.258 e. The summed E-state index contributed by atoms with van der Waals surface area (Å²) in [6.45, 7) is 3.23. The van der Waals surface area contributed by atoms with Crippen molar-refractivity contribution in [1.29, 1.82) is 0 Å². The summed E-state index contributed by atoms with van der Waals surface area (Å²) < 4.78 is 5.78. The minimum absolute atomic E-state index is 0.00542. The molecule has 114 valence electrons. The Balaban J connectivity index is 1.67. The number of amides is 1. The SMILES string of the molecule is CCNC1CCCc2c(OCC(=O)NC3CC3)cccc21. The molecule has 0 bridgehead atoms. The fourth-order valence-electron chi connectivity index (χ4n) is 3.05. The highest BCUT2D eigenvalue weighted by Gasteiger charge is 2.24. The van der Waals surface area contributed by atoms with E-state index in [0.29, 0.717) is 12.1 Å². The Morgan fingerprint density at radius 1 is 1.33 bits per heavy atom. The molecule has 0 saturated heterocycles. The molecule has 21 heavy (non-hydrogen) atoms. The molecule has 0 radical (unpaired) electrons. The molecule has 0 spiro atoms. The second-order valence-corrected chi connectivity index (χ2v) is 5.96. The van der Waals surface area contributed by atoms with Crippen LogP contribution in [-0.2, 0) is 11.2 Å². The van der Waals surface area contributed by atoms with Gasteiger partial charge in [-0.25, -0.2) is 0 Å². The monoisotopic (exact) mass is 288 g/mol. The van der Waals surface area contributed by atoms with Gasteiger partial charge in [0.05, 0.1) is 0 Å². The van der Waals surface area contributed by atoms with Crippen molar-refractivity contribution in [2.75, 3.05) is 13.2 Å². The minimum atomic E-state index is -0.00542. The van der Waals surface area contributed by atoms with Crippen LogP contribution in [0.15, 0.2) is 18.2 Å². The highest BCUT2D eigenvalue weighted by molar-refractivity contribution is 5.78. The maximum Gasteiger partial charge on any atom is 0.258 e. The van der Waals surface area contributed by atoms with E-state index in [9.17, 15) is 4.79 Å². The van der Waals surface area contributed by atoms with E-state index >= 15 is 0 Å². The van der Waals surface area contributed by atoms with Crippen molar-refractivity contribution in [1.82, 2.24) is 10.6 Å². The van der Waals surface area contributed by atoms with Gasteiger partial charge in [0.1, 0.15) is 5.75 Å². The van der Waals surface area contributed by atoms with Crippen molar-refractivity contribution < 1.29 is 9.53 Å². The molecular formula is C17H24N2O2. The quantitative estimate of drug-likeness (QED) is 0.844. The lowest BCUT2D eigenvalue weighted by atomic mass is 9.87. The van der Waals surface area contributed by atoms with Gasteiger partial charge in [0.15, 0.2) is 6.61 Å². The van der Waals surface area contributed by atoms with E-state index in [2.05, 4.69) is 23.6 Å². The third kappa shape index (κ3) is 3.56. The van der Waals surface area contributed by atoms with Gasteiger partial charge >= 0.3 is 0 Å². The van der Waals surface area contributed by atoms with E-state index in [-0.39, 0.29) is 12.5 Å². The first-order valence-corrected chi connectivity index (χ1v) is 8.05. The zero-order valence-corrected chi connectivity index (χ0v) is 12.7. The maximum absolute atomic E-state index is 11.8. The number of hydrogen-bond donors (Lipinski definition) is 2.